The molecule has 0 bridgehead atoms. The highest BCUT2D eigenvalue weighted by Crippen LogP contribution is 2.11. The van der Waals surface area contributed by atoms with E-state index >= 15 is 0 Å². The fraction of sp³-hybridized carbons (Fsp3) is 0.500. The molecule has 0 aliphatic carbocycles. The molecule has 2 N–H and O–H groups in total. The largest absolute Gasteiger partial charge is 0.480 e. The number of carbonyl (C=O) groups is 2. The second kappa shape index (κ2) is 7.68. The van der Waals surface area contributed by atoms with Crippen LogP contribution in [0.5, 0.6) is 0 Å². The molecule has 0 fully saturated rings. The van der Waals surface area contributed by atoms with Gasteiger partial charge in [0, 0.05) is 6.42 Å². The number of carbonyl (C=O) groups excluding carboxylic acids is 1. The quantitative estimate of drug-likeness (QED) is 0.804. The Morgan fingerprint density at radius 3 is 2.15 bits per heavy atom. The lowest BCUT2D eigenvalue weighted by atomic mass is 10.0. The average molecular weight is 277 g/mol. The fourth-order valence-corrected chi connectivity index (χ4v) is 1.95. The van der Waals surface area contributed by atoms with Crippen molar-refractivity contribution in [3.63, 3.8) is 0 Å². The highest BCUT2D eigenvalue weighted by molar-refractivity contribution is 5.83. The van der Waals surface area contributed by atoms with E-state index in [1.807, 2.05) is 12.1 Å². The predicted octanol–water partition coefficient (Wildman–Crippen LogP) is 2.41. The zero-order chi connectivity index (χ0) is 15.1. The van der Waals surface area contributed by atoms with Crippen LogP contribution < -0.4 is 5.32 Å². The minimum absolute atomic E-state index is 0.230. The number of carboxylic acid groups (broad SMARTS) is 1. The van der Waals surface area contributed by atoms with Crippen LogP contribution in [-0.4, -0.2) is 23.0 Å². The van der Waals surface area contributed by atoms with Crippen molar-refractivity contribution in [2.24, 2.45) is 5.92 Å². The third-order valence-corrected chi connectivity index (χ3v) is 3.06. The molecule has 4 heteroatoms. The van der Waals surface area contributed by atoms with E-state index in [0.29, 0.717) is 18.8 Å². The number of carboxylic acids is 1. The lowest BCUT2D eigenvalue weighted by Crippen LogP contribution is -2.38. The van der Waals surface area contributed by atoms with Gasteiger partial charge in [-0.2, -0.15) is 0 Å². The van der Waals surface area contributed by atoms with Crippen LogP contribution >= 0.6 is 0 Å². The third-order valence-electron chi connectivity index (χ3n) is 3.06. The Labute approximate surface area is 120 Å². The lowest BCUT2D eigenvalue weighted by Gasteiger charge is -2.09. The Balaban J connectivity index is 2.42. The Morgan fingerprint density at radius 2 is 1.65 bits per heavy atom. The molecule has 1 rings (SSSR count). The van der Waals surface area contributed by atoms with E-state index in [-0.39, 0.29) is 5.91 Å². The van der Waals surface area contributed by atoms with Gasteiger partial charge < -0.3 is 10.4 Å². The highest BCUT2D eigenvalue weighted by atomic mass is 16.4. The second-order valence-electron chi connectivity index (χ2n) is 5.54. The van der Waals surface area contributed by atoms with Crippen LogP contribution in [0.15, 0.2) is 24.3 Å². The van der Waals surface area contributed by atoms with Crippen molar-refractivity contribution < 1.29 is 14.7 Å². The van der Waals surface area contributed by atoms with Crippen LogP contribution in [-0.2, 0) is 22.4 Å². The summed E-state index contributed by atoms with van der Waals surface area (Å²) in [5, 5.41) is 11.2. The van der Waals surface area contributed by atoms with Crippen molar-refractivity contribution in [2.45, 2.75) is 46.1 Å². The van der Waals surface area contributed by atoms with E-state index < -0.39 is 12.0 Å². The summed E-state index contributed by atoms with van der Waals surface area (Å²) >= 11 is 0. The molecule has 1 aromatic rings. The van der Waals surface area contributed by atoms with Crippen molar-refractivity contribution in [1.29, 1.82) is 0 Å². The van der Waals surface area contributed by atoms with E-state index in [0.717, 1.165) is 12.0 Å². The van der Waals surface area contributed by atoms with E-state index in [2.05, 4.69) is 31.3 Å². The first kappa shape index (κ1) is 16.2. The van der Waals surface area contributed by atoms with Gasteiger partial charge in [0.1, 0.15) is 6.04 Å². The Hall–Kier alpha value is -1.84. The van der Waals surface area contributed by atoms with Crippen LogP contribution in [0.4, 0.5) is 0 Å². The molecule has 0 unspecified atom stereocenters. The lowest BCUT2D eigenvalue weighted by molar-refractivity contribution is -0.141. The van der Waals surface area contributed by atoms with E-state index in [1.165, 1.54) is 12.5 Å². The SMILES string of the molecule is CC(C)Cc1ccc(CCC(=O)N[C@@H](C)C(=O)O)cc1. The zero-order valence-corrected chi connectivity index (χ0v) is 12.3. The maximum atomic E-state index is 11.6. The summed E-state index contributed by atoms with van der Waals surface area (Å²) in [4.78, 5) is 22.2. The molecule has 1 atom stereocenters. The number of benzene rings is 1. The first-order chi connectivity index (χ1) is 9.38. The minimum Gasteiger partial charge on any atom is -0.480 e. The summed E-state index contributed by atoms with van der Waals surface area (Å²) in [5.41, 5.74) is 2.39. The smallest absolute Gasteiger partial charge is 0.325 e. The maximum absolute atomic E-state index is 11.6. The Morgan fingerprint density at radius 1 is 1.10 bits per heavy atom. The Bertz CT molecular complexity index is 451. The standard InChI is InChI=1S/C16H23NO3/c1-11(2)10-14-6-4-13(5-7-14)8-9-15(18)17-12(3)16(19)20/h4-7,11-12H,8-10H2,1-3H3,(H,17,18)(H,19,20)/t12-/m0/s1. The van der Waals surface area contributed by atoms with E-state index in [1.54, 1.807) is 0 Å². The van der Waals surface area contributed by atoms with Gasteiger partial charge in [0.25, 0.3) is 0 Å². The summed E-state index contributed by atoms with van der Waals surface area (Å²) in [5.74, 6) is -0.619. The molecular formula is C16H23NO3. The molecule has 0 saturated heterocycles. The van der Waals surface area contributed by atoms with Crippen molar-refractivity contribution in [2.75, 3.05) is 0 Å². The van der Waals surface area contributed by atoms with Crippen LogP contribution in [0, 0.1) is 5.92 Å². The van der Waals surface area contributed by atoms with Crippen LogP contribution in [0.3, 0.4) is 0 Å². The molecule has 0 saturated carbocycles. The van der Waals surface area contributed by atoms with E-state index in [4.69, 9.17) is 5.11 Å². The van der Waals surface area contributed by atoms with Gasteiger partial charge in [0.05, 0.1) is 0 Å². The van der Waals surface area contributed by atoms with Crippen LogP contribution in [0.25, 0.3) is 0 Å². The summed E-state index contributed by atoms with van der Waals surface area (Å²) in [6, 6.07) is 7.41. The third kappa shape index (κ3) is 5.87. The van der Waals surface area contributed by atoms with Gasteiger partial charge in [0.15, 0.2) is 0 Å². The summed E-state index contributed by atoms with van der Waals surface area (Å²) < 4.78 is 0. The number of nitrogens with one attached hydrogen (secondary N) is 1. The number of hydrogen-bond donors (Lipinski definition) is 2. The van der Waals surface area contributed by atoms with Gasteiger partial charge >= 0.3 is 5.97 Å². The molecule has 20 heavy (non-hydrogen) atoms. The summed E-state index contributed by atoms with van der Waals surface area (Å²) in [6.07, 6.45) is 1.98. The Kier molecular flexibility index (Phi) is 6.22. The summed E-state index contributed by atoms with van der Waals surface area (Å²) in [6.45, 7) is 5.82. The van der Waals surface area contributed by atoms with Gasteiger partial charge in [-0.25, -0.2) is 0 Å². The maximum Gasteiger partial charge on any atom is 0.325 e. The molecule has 1 aromatic carbocycles. The topological polar surface area (TPSA) is 66.4 Å². The molecule has 0 heterocycles. The van der Waals surface area contributed by atoms with E-state index in [9.17, 15) is 9.59 Å². The van der Waals surface area contributed by atoms with Crippen molar-refractivity contribution in [3.05, 3.63) is 35.4 Å². The van der Waals surface area contributed by atoms with Gasteiger partial charge in [-0.05, 0) is 36.8 Å². The molecule has 110 valence electrons. The molecule has 0 radical (unpaired) electrons. The van der Waals surface area contributed by atoms with Crippen LogP contribution in [0.2, 0.25) is 0 Å². The van der Waals surface area contributed by atoms with Crippen molar-refractivity contribution >= 4 is 11.9 Å². The molecule has 0 aliphatic heterocycles. The molecule has 0 aliphatic rings. The number of rotatable bonds is 7. The first-order valence-corrected chi connectivity index (χ1v) is 6.98. The van der Waals surface area contributed by atoms with Crippen molar-refractivity contribution in [1.82, 2.24) is 5.32 Å². The molecular weight excluding hydrogens is 254 g/mol. The number of aliphatic carboxylic acids is 1. The van der Waals surface area contributed by atoms with Crippen LogP contribution in [0.1, 0.15) is 38.3 Å². The van der Waals surface area contributed by atoms with Gasteiger partial charge in [-0.1, -0.05) is 38.1 Å². The molecule has 0 aromatic heterocycles. The van der Waals surface area contributed by atoms with Crippen molar-refractivity contribution in [3.8, 4) is 0 Å². The zero-order valence-electron chi connectivity index (χ0n) is 12.3. The number of amides is 1. The minimum atomic E-state index is -1.02. The fourth-order valence-electron chi connectivity index (χ4n) is 1.95. The molecule has 4 nitrogen and oxygen atoms in total. The van der Waals surface area contributed by atoms with Gasteiger partial charge in [0.2, 0.25) is 5.91 Å². The predicted molar refractivity (Wildman–Crippen MR) is 78.5 cm³/mol. The molecule has 1 amide bonds. The second-order valence-corrected chi connectivity index (χ2v) is 5.54. The summed E-state index contributed by atoms with van der Waals surface area (Å²) in [7, 11) is 0. The first-order valence-electron chi connectivity index (χ1n) is 6.98. The van der Waals surface area contributed by atoms with Gasteiger partial charge in [-0.15, -0.1) is 0 Å². The average Bonchev–Trinajstić information content (AvgIpc) is 2.37. The van der Waals surface area contributed by atoms with Gasteiger partial charge in [-0.3, -0.25) is 9.59 Å². The highest BCUT2D eigenvalue weighted by Gasteiger charge is 2.13. The number of aryl methyl sites for hydroxylation is 1. The molecule has 0 spiro atoms. The monoisotopic (exact) mass is 277 g/mol. The number of hydrogen-bond acceptors (Lipinski definition) is 2. The normalized spacial score (nSPS) is 12.2.